The normalized spacial score (nSPS) is 27.4. The van der Waals surface area contributed by atoms with Gasteiger partial charge in [0.15, 0.2) is 0 Å². The van der Waals surface area contributed by atoms with Crippen molar-refractivity contribution in [2.24, 2.45) is 11.7 Å². The summed E-state index contributed by atoms with van der Waals surface area (Å²) < 4.78 is 0.726. The SMILES string of the molecule is CC1CCC(N)(Cc2ccc(Br)cc2[N+](=O)[O-])C1. The topological polar surface area (TPSA) is 69.2 Å². The number of nitro benzene ring substituents is 1. The van der Waals surface area contributed by atoms with Crippen molar-refractivity contribution in [2.45, 2.75) is 38.1 Å². The van der Waals surface area contributed by atoms with Gasteiger partial charge in [0.05, 0.1) is 4.92 Å². The van der Waals surface area contributed by atoms with E-state index in [0.717, 1.165) is 29.3 Å². The molecule has 1 aliphatic rings. The summed E-state index contributed by atoms with van der Waals surface area (Å²) >= 11 is 3.26. The van der Waals surface area contributed by atoms with Gasteiger partial charge in [0.1, 0.15) is 0 Å². The van der Waals surface area contributed by atoms with E-state index in [-0.39, 0.29) is 16.1 Å². The molecule has 0 aliphatic heterocycles. The Balaban J connectivity index is 2.26. The third-order valence-electron chi connectivity index (χ3n) is 3.68. The standard InChI is InChI=1S/C13H17BrN2O2/c1-9-4-5-13(15,7-9)8-10-2-3-11(14)6-12(10)16(17)18/h2-3,6,9H,4-5,7-8,15H2,1H3. The van der Waals surface area contributed by atoms with Crippen LogP contribution in [0.1, 0.15) is 31.7 Å². The first kappa shape index (κ1) is 13.5. The van der Waals surface area contributed by atoms with Gasteiger partial charge in [-0.05, 0) is 37.7 Å². The minimum absolute atomic E-state index is 0.161. The number of hydrogen-bond acceptors (Lipinski definition) is 3. The van der Waals surface area contributed by atoms with Crippen molar-refractivity contribution in [3.63, 3.8) is 0 Å². The van der Waals surface area contributed by atoms with Gasteiger partial charge in [0.2, 0.25) is 0 Å². The molecule has 0 aromatic heterocycles. The minimum atomic E-state index is -0.332. The summed E-state index contributed by atoms with van der Waals surface area (Å²) in [5, 5.41) is 11.1. The average molecular weight is 313 g/mol. The van der Waals surface area contributed by atoms with Crippen molar-refractivity contribution in [3.05, 3.63) is 38.3 Å². The van der Waals surface area contributed by atoms with E-state index in [2.05, 4.69) is 22.9 Å². The van der Waals surface area contributed by atoms with E-state index in [0.29, 0.717) is 12.3 Å². The van der Waals surface area contributed by atoms with Crippen LogP contribution < -0.4 is 5.73 Å². The fourth-order valence-electron chi connectivity index (χ4n) is 2.83. The highest BCUT2D eigenvalue weighted by atomic mass is 79.9. The summed E-state index contributed by atoms with van der Waals surface area (Å²) in [6.07, 6.45) is 3.59. The van der Waals surface area contributed by atoms with Crippen molar-refractivity contribution in [1.82, 2.24) is 0 Å². The molecule has 4 nitrogen and oxygen atoms in total. The van der Waals surface area contributed by atoms with Gasteiger partial charge in [0.25, 0.3) is 5.69 Å². The van der Waals surface area contributed by atoms with Crippen molar-refractivity contribution in [1.29, 1.82) is 0 Å². The third-order valence-corrected chi connectivity index (χ3v) is 4.17. The quantitative estimate of drug-likeness (QED) is 0.686. The van der Waals surface area contributed by atoms with E-state index in [1.807, 2.05) is 6.07 Å². The van der Waals surface area contributed by atoms with Crippen molar-refractivity contribution >= 4 is 21.6 Å². The van der Waals surface area contributed by atoms with Crippen LogP contribution in [-0.2, 0) is 6.42 Å². The Labute approximate surface area is 115 Å². The maximum absolute atomic E-state index is 11.1. The van der Waals surface area contributed by atoms with Crippen LogP contribution in [0.15, 0.2) is 22.7 Å². The van der Waals surface area contributed by atoms with Gasteiger partial charge < -0.3 is 5.73 Å². The summed E-state index contributed by atoms with van der Waals surface area (Å²) in [6, 6.07) is 5.20. The monoisotopic (exact) mass is 312 g/mol. The molecule has 2 N–H and O–H groups in total. The summed E-state index contributed by atoms with van der Waals surface area (Å²) in [6.45, 7) is 2.19. The highest BCUT2D eigenvalue weighted by Crippen LogP contribution is 2.36. The lowest BCUT2D eigenvalue weighted by molar-refractivity contribution is -0.385. The molecule has 1 fully saturated rings. The van der Waals surface area contributed by atoms with Crippen LogP contribution in [0, 0.1) is 16.0 Å². The van der Waals surface area contributed by atoms with E-state index in [9.17, 15) is 10.1 Å². The molecule has 5 heteroatoms. The lowest BCUT2D eigenvalue weighted by atomic mass is 9.89. The number of hydrogen-bond donors (Lipinski definition) is 1. The zero-order valence-corrected chi connectivity index (χ0v) is 11.9. The average Bonchev–Trinajstić information content (AvgIpc) is 2.61. The van der Waals surface area contributed by atoms with E-state index in [1.54, 1.807) is 12.1 Å². The minimum Gasteiger partial charge on any atom is -0.325 e. The highest BCUT2D eigenvalue weighted by molar-refractivity contribution is 9.10. The molecule has 2 atom stereocenters. The van der Waals surface area contributed by atoms with E-state index in [1.165, 1.54) is 0 Å². The van der Waals surface area contributed by atoms with Gasteiger partial charge in [-0.15, -0.1) is 0 Å². The third kappa shape index (κ3) is 2.90. The van der Waals surface area contributed by atoms with Crippen molar-refractivity contribution in [2.75, 3.05) is 0 Å². The van der Waals surface area contributed by atoms with Gasteiger partial charge in [-0.1, -0.05) is 28.9 Å². The Hall–Kier alpha value is -0.940. The number of nitro groups is 1. The Morgan fingerprint density at radius 1 is 1.61 bits per heavy atom. The van der Waals surface area contributed by atoms with Crippen LogP contribution in [0.4, 0.5) is 5.69 Å². The molecule has 1 aromatic rings. The van der Waals surface area contributed by atoms with Crippen LogP contribution >= 0.6 is 15.9 Å². The molecule has 0 heterocycles. The Morgan fingerprint density at radius 2 is 2.33 bits per heavy atom. The molecule has 0 spiro atoms. The van der Waals surface area contributed by atoms with Crippen LogP contribution in [0.3, 0.4) is 0 Å². The molecular formula is C13H17BrN2O2. The van der Waals surface area contributed by atoms with Crippen LogP contribution in [0.5, 0.6) is 0 Å². The number of halogens is 1. The molecule has 0 radical (unpaired) electrons. The maximum Gasteiger partial charge on any atom is 0.273 e. The molecule has 2 unspecified atom stereocenters. The summed E-state index contributed by atoms with van der Waals surface area (Å²) in [5.41, 5.74) is 6.97. The van der Waals surface area contributed by atoms with Gasteiger partial charge in [0, 0.05) is 21.6 Å². The molecule has 18 heavy (non-hydrogen) atoms. The Bertz CT molecular complexity index is 478. The number of benzene rings is 1. The zero-order chi connectivity index (χ0) is 13.3. The fourth-order valence-corrected chi connectivity index (χ4v) is 3.18. The molecular weight excluding hydrogens is 296 g/mol. The molecule has 98 valence electrons. The number of nitrogens with zero attached hydrogens (tertiary/aromatic N) is 1. The molecule has 1 saturated carbocycles. The molecule has 1 aliphatic carbocycles. The first-order valence-corrected chi connectivity index (χ1v) is 6.91. The van der Waals surface area contributed by atoms with Gasteiger partial charge in [-0.25, -0.2) is 0 Å². The second kappa shape index (κ2) is 4.97. The predicted octanol–water partition coefficient (Wildman–Crippen LogP) is 3.42. The predicted molar refractivity (Wildman–Crippen MR) is 74.4 cm³/mol. The van der Waals surface area contributed by atoms with E-state index < -0.39 is 0 Å². The number of rotatable bonds is 3. The first-order valence-electron chi connectivity index (χ1n) is 6.11. The Kier molecular flexibility index (Phi) is 3.73. The van der Waals surface area contributed by atoms with Crippen molar-refractivity contribution < 1.29 is 4.92 Å². The van der Waals surface area contributed by atoms with Crippen LogP contribution in [0.2, 0.25) is 0 Å². The van der Waals surface area contributed by atoms with Crippen LogP contribution in [0.25, 0.3) is 0 Å². The zero-order valence-electron chi connectivity index (χ0n) is 10.4. The molecule has 0 amide bonds. The van der Waals surface area contributed by atoms with E-state index in [4.69, 9.17) is 5.73 Å². The van der Waals surface area contributed by atoms with Crippen LogP contribution in [-0.4, -0.2) is 10.5 Å². The fraction of sp³-hybridized carbons (Fsp3) is 0.538. The lowest BCUT2D eigenvalue weighted by Crippen LogP contribution is -2.39. The van der Waals surface area contributed by atoms with Crippen molar-refractivity contribution in [3.8, 4) is 0 Å². The molecule has 0 bridgehead atoms. The largest absolute Gasteiger partial charge is 0.325 e. The van der Waals surface area contributed by atoms with Gasteiger partial charge in [-0.2, -0.15) is 0 Å². The van der Waals surface area contributed by atoms with E-state index >= 15 is 0 Å². The second-order valence-electron chi connectivity index (χ2n) is 5.42. The summed E-state index contributed by atoms with van der Waals surface area (Å²) in [5.74, 6) is 0.615. The molecule has 1 aromatic carbocycles. The Morgan fingerprint density at radius 3 is 2.89 bits per heavy atom. The number of nitrogens with two attached hydrogens (primary N) is 1. The van der Waals surface area contributed by atoms with Gasteiger partial charge in [-0.3, -0.25) is 10.1 Å². The maximum atomic E-state index is 11.1. The highest BCUT2D eigenvalue weighted by Gasteiger charge is 2.35. The summed E-state index contributed by atoms with van der Waals surface area (Å²) in [7, 11) is 0. The first-order chi connectivity index (χ1) is 8.39. The van der Waals surface area contributed by atoms with Gasteiger partial charge >= 0.3 is 0 Å². The lowest BCUT2D eigenvalue weighted by Gasteiger charge is -2.24. The molecule has 0 saturated heterocycles. The molecule has 2 rings (SSSR count). The smallest absolute Gasteiger partial charge is 0.273 e. The second-order valence-corrected chi connectivity index (χ2v) is 6.33. The summed E-state index contributed by atoms with van der Waals surface area (Å²) in [4.78, 5) is 10.7.